The minimum Gasteiger partial charge on any atom is -0.457 e. The van der Waals surface area contributed by atoms with E-state index in [9.17, 15) is 9.59 Å². The van der Waals surface area contributed by atoms with Gasteiger partial charge in [-0.25, -0.2) is 5.43 Å². The molecule has 0 bridgehead atoms. The molecular formula is C26H26N4O3. The average Bonchev–Trinajstić information content (AvgIpc) is 3.19. The van der Waals surface area contributed by atoms with E-state index in [0.717, 1.165) is 11.4 Å². The predicted octanol–water partition coefficient (Wildman–Crippen LogP) is 3.56. The van der Waals surface area contributed by atoms with Gasteiger partial charge in [-0.3, -0.25) is 19.9 Å². The Morgan fingerprint density at radius 2 is 1.58 bits per heavy atom. The highest BCUT2D eigenvalue weighted by Crippen LogP contribution is 2.32. The number of amides is 1. The molecule has 1 amide bonds. The molecule has 0 radical (unpaired) electrons. The minimum atomic E-state index is -0.744. The number of nitrogens with zero attached hydrogens (tertiary/aromatic N) is 1. The Balaban J connectivity index is 1.23. The third-order valence-corrected chi connectivity index (χ3v) is 6.15. The molecule has 0 spiro atoms. The van der Waals surface area contributed by atoms with Gasteiger partial charge in [0.15, 0.2) is 5.78 Å². The molecule has 33 heavy (non-hydrogen) atoms. The lowest BCUT2D eigenvalue weighted by Crippen LogP contribution is -2.58. The maximum atomic E-state index is 13.3. The molecule has 7 heteroatoms. The highest BCUT2D eigenvalue weighted by Gasteiger charge is 2.50. The Bertz CT molecular complexity index is 1120. The van der Waals surface area contributed by atoms with E-state index < -0.39 is 5.92 Å². The fourth-order valence-corrected chi connectivity index (χ4v) is 4.51. The normalized spacial score (nSPS) is 24.3. The lowest BCUT2D eigenvalue weighted by atomic mass is 9.83. The first-order valence-corrected chi connectivity index (χ1v) is 11.1. The number of carbonyl (C=O) groups is 2. The summed E-state index contributed by atoms with van der Waals surface area (Å²) in [5, 5.41) is 8.28. The molecule has 168 valence electrons. The Morgan fingerprint density at radius 3 is 2.27 bits per heavy atom. The van der Waals surface area contributed by atoms with Crippen LogP contribution in [0.4, 0.5) is 11.4 Å². The van der Waals surface area contributed by atoms with Crippen molar-refractivity contribution in [2.24, 2.45) is 11.8 Å². The van der Waals surface area contributed by atoms with Crippen LogP contribution in [-0.4, -0.2) is 30.4 Å². The van der Waals surface area contributed by atoms with Gasteiger partial charge < -0.3 is 10.1 Å². The van der Waals surface area contributed by atoms with Gasteiger partial charge in [0.05, 0.1) is 11.6 Å². The Labute approximate surface area is 192 Å². The van der Waals surface area contributed by atoms with E-state index in [1.54, 1.807) is 24.3 Å². The van der Waals surface area contributed by atoms with Crippen LogP contribution in [0.25, 0.3) is 0 Å². The molecule has 4 unspecified atom stereocenters. The number of ether oxygens (including phenoxy) is 1. The number of para-hydroxylation sites is 2. The Kier molecular flexibility index (Phi) is 5.81. The quantitative estimate of drug-likeness (QED) is 0.524. The van der Waals surface area contributed by atoms with Crippen LogP contribution in [0.15, 0.2) is 84.9 Å². The maximum Gasteiger partial charge on any atom is 0.236 e. The number of benzene rings is 3. The van der Waals surface area contributed by atoms with Crippen LogP contribution >= 0.6 is 0 Å². The molecule has 7 nitrogen and oxygen atoms in total. The largest absolute Gasteiger partial charge is 0.457 e. The first kappa shape index (κ1) is 21.2. The third kappa shape index (κ3) is 4.33. The number of fused-ring (bicyclic) bond motifs is 1. The van der Waals surface area contributed by atoms with E-state index in [0.29, 0.717) is 18.0 Å². The van der Waals surface area contributed by atoms with Crippen LogP contribution in [0.5, 0.6) is 11.5 Å². The average molecular weight is 443 g/mol. The van der Waals surface area contributed by atoms with E-state index in [4.69, 9.17) is 4.74 Å². The standard InChI is InChI=1S/C26H26N4O3/c1-17-23-24(31)22(16-27-25(23)30(29-17)19-8-4-2-5-9-19)26(32)28-18-12-14-21(15-13-18)33-20-10-6-3-7-11-20/h2-15,17,22-23,25,27,29H,16H2,1H3,(H,28,32). The summed E-state index contributed by atoms with van der Waals surface area (Å²) in [5.74, 6) is 0.00504. The zero-order valence-electron chi connectivity index (χ0n) is 18.3. The summed E-state index contributed by atoms with van der Waals surface area (Å²) in [6.07, 6.45) is -0.187. The van der Waals surface area contributed by atoms with Gasteiger partial charge in [0.25, 0.3) is 0 Å². The molecule has 2 fully saturated rings. The van der Waals surface area contributed by atoms with Gasteiger partial charge >= 0.3 is 0 Å². The summed E-state index contributed by atoms with van der Waals surface area (Å²) in [5.41, 5.74) is 4.99. The van der Waals surface area contributed by atoms with Gasteiger partial charge in [0.1, 0.15) is 23.6 Å². The van der Waals surface area contributed by atoms with Crippen LogP contribution < -0.4 is 25.8 Å². The predicted molar refractivity (Wildman–Crippen MR) is 127 cm³/mol. The topological polar surface area (TPSA) is 82.7 Å². The second kappa shape index (κ2) is 9.05. The second-order valence-electron chi connectivity index (χ2n) is 8.39. The van der Waals surface area contributed by atoms with E-state index in [1.807, 2.05) is 72.6 Å². The van der Waals surface area contributed by atoms with Gasteiger partial charge in [-0.05, 0) is 55.5 Å². The van der Waals surface area contributed by atoms with Crippen molar-refractivity contribution in [2.75, 3.05) is 16.9 Å². The first-order chi connectivity index (χ1) is 16.1. The lowest BCUT2D eigenvalue weighted by Gasteiger charge is -2.35. The summed E-state index contributed by atoms with van der Waals surface area (Å²) < 4.78 is 5.79. The molecule has 3 N–H and O–H groups in total. The molecule has 4 atom stereocenters. The van der Waals surface area contributed by atoms with Gasteiger partial charge in [0.2, 0.25) is 5.91 Å². The van der Waals surface area contributed by atoms with Crippen molar-refractivity contribution in [3.05, 3.63) is 84.9 Å². The molecule has 2 saturated heterocycles. The first-order valence-electron chi connectivity index (χ1n) is 11.1. The minimum absolute atomic E-state index is 0.0429. The molecule has 0 saturated carbocycles. The number of hydrogen-bond donors (Lipinski definition) is 3. The Morgan fingerprint density at radius 1 is 0.939 bits per heavy atom. The summed E-state index contributed by atoms with van der Waals surface area (Å²) in [6, 6.07) is 26.4. The molecule has 2 aliphatic heterocycles. The Hall–Kier alpha value is -3.68. The van der Waals surface area contributed by atoms with E-state index in [2.05, 4.69) is 16.1 Å². The summed E-state index contributed by atoms with van der Waals surface area (Å²) in [6.45, 7) is 2.27. The number of ketones is 1. The molecule has 3 aromatic rings. The van der Waals surface area contributed by atoms with Crippen molar-refractivity contribution < 1.29 is 14.3 Å². The molecule has 3 aromatic carbocycles. The van der Waals surface area contributed by atoms with Crippen molar-refractivity contribution in [1.29, 1.82) is 0 Å². The fraction of sp³-hybridized carbons (Fsp3) is 0.231. The highest BCUT2D eigenvalue weighted by molar-refractivity contribution is 6.09. The van der Waals surface area contributed by atoms with Crippen molar-refractivity contribution in [3.63, 3.8) is 0 Å². The number of carbonyl (C=O) groups excluding carboxylic acids is 2. The van der Waals surface area contributed by atoms with Gasteiger partial charge in [0, 0.05) is 18.3 Å². The number of hydrazine groups is 1. The molecule has 5 rings (SSSR count). The second-order valence-corrected chi connectivity index (χ2v) is 8.39. The zero-order valence-corrected chi connectivity index (χ0v) is 18.3. The molecule has 0 aliphatic carbocycles. The van der Waals surface area contributed by atoms with Crippen LogP contribution in [0.2, 0.25) is 0 Å². The van der Waals surface area contributed by atoms with Gasteiger partial charge in [-0.1, -0.05) is 36.4 Å². The smallest absolute Gasteiger partial charge is 0.236 e. The summed E-state index contributed by atoms with van der Waals surface area (Å²) in [7, 11) is 0. The molecule has 0 aromatic heterocycles. The number of Topliss-reactive ketones (excluding diaryl/α,β-unsaturated/α-hetero) is 1. The van der Waals surface area contributed by atoms with Crippen molar-refractivity contribution in [2.45, 2.75) is 19.1 Å². The van der Waals surface area contributed by atoms with Crippen molar-refractivity contribution in [1.82, 2.24) is 10.7 Å². The maximum absolute atomic E-state index is 13.3. The van der Waals surface area contributed by atoms with Gasteiger partial charge in [-0.15, -0.1) is 0 Å². The fourth-order valence-electron chi connectivity index (χ4n) is 4.51. The number of anilines is 2. The third-order valence-electron chi connectivity index (χ3n) is 6.15. The number of nitrogens with one attached hydrogen (secondary N) is 3. The molecule has 2 aliphatic rings. The van der Waals surface area contributed by atoms with Crippen LogP contribution in [0.1, 0.15) is 6.92 Å². The molecule has 2 heterocycles. The van der Waals surface area contributed by atoms with E-state index >= 15 is 0 Å². The summed E-state index contributed by atoms with van der Waals surface area (Å²) >= 11 is 0. The summed E-state index contributed by atoms with van der Waals surface area (Å²) in [4.78, 5) is 26.3. The van der Waals surface area contributed by atoms with E-state index in [-0.39, 0.29) is 29.8 Å². The van der Waals surface area contributed by atoms with Crippen LogP contribution in [-0.2, 0) is 9.59 Å². The van der Waals surface area contributed by atoms with Crippen molar-refractivity contribution in [3.8, 4) is 11.5 Å². The van der Waals surface area contributed by atoms with Crippen LogP contribution in [0, 0.1) is 11.8 Å². The lowest BCUT2D eigenvalue weighted by molar-refractivity contribution is -0.136. The zero-order chi connectivity index (χ0) is 22.8. The van der Waals surface area contributed by atoms with E-state index in [1.165, 1.54) is 0 Å². The highest BCUT2D eigenvalue weighted by atomic mass is 16.5. The number of piperidine rings is 1. The SMILES string of the molecule is CC1NN(c2ccccc2)C2NCC(C(=O)Nc3ccc(Oc4ccccc4)cc3)C(=O)C12. The van der Waals surface area contributed by atoms with Crippen LogP contribution in [0.3, 0.4) is 0 Å². The van der Waals surface area contributed by atoms with Crippen molar-refractivity contribution >= 4 is 23.1 Å². The molecular weight excluding hydrogens is 416 g/mol. The number of rotatable bonds is 5. The number of hydrogen-bond acceptors (Lipinski definition) is 6. The monoisotopic (exact) mass is 442 g/mol. The van der Waals surface area contributed by atoms with Gasteiger partial charge in [-0.2, -0.15) is 0 Å².